The molecular formula is C23H34O7. The quantitative estimate of drug-likeness (QED) is 0.612. The molecule has 168 valence electrons. The average Bonchev–Trinajstić information content (AvgIpc) is 3.22. The molecule has 2 fully saturated rings. The summed E-state index contributed by atoms with van der Waals surface area (Å²) >= 11 is 0. The van der Waals surface area contributed by atoms with Crippen LogP contribution in [0, 0.1) is 17.8 Å². The number of rotatable bonds is 9. The van der Waals surface area contributed by atoms with E-state index in [0.717, 1.165) is 12.0 Å². The van der Waals surface area contributed by atoms with Gasteiger partial charge in [-0.25, -0.2) is 0 Å². The Morgan fingerprint density at radius 1 is 1.30 bits per heavy atom. The molecule has 2 aliphatic rings. The third-order valence-electron chi connectivity index (χ3n) is 6.72. The summed E-state index contributed by atoms with van der Waals surface area (Å²) in [6.07, 6.45) is -0.813. The lowest BCUT2D eigenvalue weighted by atomic mass is 9.71. The van der Waals surface area contributed by atoms with Gasteiger partial charge in [0, 0.05) is 20.1 Å². The first-order valence-electron chi connectivity index (χ1n) is 10.6. The van der Waals surface area contributed by atoms with E-state index in [9.17, 15) is 9.90 Å². The van der Waals surface area contributed by atoms with Gasteiger partial charge in [-0.15, -0.1) is 0 Å². The number of carbonyl (C=O) groups is 1. The molecule has 7 heteroatoms. The Balaban J connectivity index is 1.89. The summed E-state index contributed by atoms with van der Waals surface area (Å²) in [5, 5.41) is 9.79. The first-order valence-corrected chi connectivity index (χ1v) is 10.6. The summed E-state index contributed by atoms with van der Waals surface area (Å²) in [5.41, 5.74) is 0.523. The maximum absolute atomic E-state index is 11.9. The Morgan fingerprint density at radius 2 is 2.03 bits per heavy atom. The molecule has 1 spiro atoms. The average molecular weight is 423 g/mol. The van der Waals surface area contributed by atoms with Crippen LogP contribution in [0.4, 0.5) is 0 Å². The number of methoxy groups -OCH3 is 1. The Morgan fingerprint density at radius 3 is 2.63 bits per heavy atom. The first kappa shape index (κ1) is 23.2. The van der Waals surface area contributed by atoms with Crippen LogP contribution in [-0.4, -0.2) is 62.1 Å². The molecule has 0 amide bonds. The van der Waals surface area contributed by atoms with E-state index in [1.807, 2.05) is 30.3 Å². The van der Waals surface area contributed by atoms with E-state index < -0.39 is 29.7 Å². The van der Waals surface area contributed by atoms with Crippen molar-refractivity contribution in [1.29, 1.82) is 0 Å². The number of benzene rings is 1. The lowest BCUT2D eigenvalue weighted by molar-refractivity contribution is -0.279. The van der Waals surface area contributed by atoms with Crippen molar-refractivity contribution in [2.75, 3.05) is 27.1 Å². The van der Waals surface area contributed by atoms with Gasteiger partial charge in [-0.3, -0.25) is 4.79 Å². The van der Waals surface area contributed by atoms with Gasteiger partial charge >= 0.3 is 5.97 Å². The van der Waals surface area contributed by atoms with E-state index in [1.54, 1.807) is 14.0 Å². The van der Waals surface area contributed by atoms with Crippen molar-refractivity contribution < 1.29 is 33.6 Å². The zero-order valence-electron chi connectivity index (χ0n) is 18.3. The zero-order valence-corrected chi connectivity index (χ0v) is 18.3. The van der Waals surface area contributed by atoms with Gasteiger partial charge in [0.2, 0.25) is 0 Å². The minimum atomic E-state index is -0.926. The highest BCUT2D eigenvalue weighted by molar-refractivity contribution is 5.70. The fraction of sp³-hybridized carbons (Fsp3) is 0.696. The number of carboxylic acid groups (broad SMARTS) is 1. The third-order valence-corrected chi connectivity index (χ3v) is 6.72. The van der Waals surface area contributed by atoms with Crippen LogP contribution in [0.2, 0.25) is 0 Å². The Kier molecular flexibility index (Phi) is 7.87. The molecule has 2 saturated heterocycles. The highest BCUT2D eigenvalue weighted by Gasteiger charge is 2.56. The van der Waals surface area contributed by atoms with Gasteiger partial charge in [-0.1, -0.05) is 44.2 Å². The minimum absolute atomic E-state index is 0.109. The number of aliphatic carboxylic acids is 1. The van der Waals surface area contributed by atoms with Gasteiger partial charge < -0.3 is 28.8 Å². The molecule has 2 heterocycles. The van der Waals surface area contributed by atoms with Gasteiger partial charge in [-0.2, -0.15) is 0 Å². The standard InChI is InChI=1S/C23H34O7/c1-15-17(3)23(10-11-27-13-23)30-21(19(15)29-14-26-4)20(16(2)22(24)25)28-12-18-8-6-5-7-9-18/h5-9,15-17,19-21H,10-14H2,1-4H3,(H,24,25)/t15-,16-,17-,19+,20-,21+,23-/m0/s1. The van der Waals surface area contributed by atoms with Crippen LogP contribution in [0.25, 0.3) is 0 Å². The summed E-state index contributed by atoms with van der Waals surface area (Å²) < 4.78 is 29.7. The summed E-state index contributed by atoms with van der Waals surface area (Å²) in [7, 11) is 1.57. The van der Waals surface area contributed by atoms with E-state index in [-0.39, 0.29) is 24.7 Å². The van der Waals surface area contributed by atoms with Gasteiger partial charge in [0.15, 0.2) is 0 Å². The van der Waals surface area contributed by atoms with E-state index in [4.69, 9.17) is 23.7 Å². The van der Waals surface area contributed by atoms with Gasteiger partial charge in [0.1, 0.15) is 12.9 Å². The molecule has 1 aromatic rings. The SMILES string of the molecule is COCO[C@@H]1[C@@H](C)[C@H](C)[C@@]2(CCOC2)O[C@H]1[C@@H](OCc1ccccc1)[C@H](C)C(=O)O. The van der Waals surface area contributed by atoms with Crippen molar-refractivity contribution in [2.24, 2.45) is 17.8 Å². The maximum atomic E-state index is 11.9. The lowest BCUT2D eigenvalue weighted by Crippen LogP contribution is -2.62. The number of carboxylic acids is 1. The van der Waals surface area contributed by atoms with E-state index >= 15 is 0 Å². The molecule has 0 aromatic heterocycles. The van der Waals surface area contributed by atoms with Gasteiger partial charge in [-0.05, 0) is 24.3 Å². The molecule has 2 aliphatic heterocycles. The van der Waals surface area contributed by atoms with Crippen molar-refractivity contribution in [2.45, 2.75) is 57.7 Å². The normalized spacial score (nSPS) is 33.5. The molecule has 7 atom stereocenters. The number of hydrogen-bond acceptors (Lipinski definition) is 6. The fourth-order valence-corrected chi connectivity index (χ4v) is 4.60. The van der Waals surface area contributed by atoms with Crippen LogP contribution < -0.4 is 0 Å². The van der Waals surface area contributed by atoms with E-state index in [1.165, 1.54) is 0 Å². The maximum Gasteiger partial charge on any atom is 0.308 e. The van der Waals surface area contributed by atoms with Crippen molar-refractivity contribution in [3.63, 3.8) is 0 Å². The Labute approximate surface area is 178 Å². The monoisotopic (exact) mass is 422 g/mol. The predicted octanol–water partition coefficient (Wildman–Crippen LogP) is 3.11. The second-order valence-corrected chi connectivity index (χ2v) is 8.52. The molecule has 3 rings (SSSR count). The fourth-order valence-electron chi connectivity index (χ4n) is 4.60. The second-order valence-electron chi connectivity index (χ2n) is 8.52. The molecule has 0 unspecified atom stereocenters. The summed E-state index contributed by atoms with van der Waals surface area (Å²) in [6, 6.07) is 9.72. The van der Waals surface area contributed by atoms with E-state index in [0.29, 0.717) is 19.8 Å². The van der Waals surface area contributed by atoms with Crippen LogP contribution >= 0.6 is 0 Å². The zero-order chi connectivity index (χ0) is 21.7. The van der Waals surface area contributed by atoms with Gasteiger partial charge in [0.25, 0.3) is 0 Å². The molecular weight excluding hydrogens is 388 g/mol. The summed E-state index contributed by atoms with van der Waals surface area (Å²) in [4.78, 5) is 11.9. The van der Waals surface area contributed by atoms with Crippen molar-refractivity contribution in [1.82, 2.24) is 0 Å². The lowest BCUT2D eigenvalue weighted by Gasteiger charge is -2.52. The number of hydrogen-bond donors (Lipinski definition) is 1. The molecule has 0 aliphatic carbocycles. The van der Waals surface area contributed by atoms with Crippen LogP contribution in [0.15, 0.2) is 30.3 Å². The molecule has 0 saturated carbocycles. The predicted molar refractivity (Wildman–Crippen MR) is 110 cm³/mol. The highest BCUT2D eigenvalue weighted by atomic mass is 16.7. The minimum Gasteiger partial charge on any atom is -0.481 e. The Bertz CT molecular complexity index is 673. The van der Waals surface area contributed by atoms with Crippen molar-refractivity contribution in [3.8, 4) is 0 Å². The van der Waals surface area contributed by atoms with Crippen LogP contribution in [0.3, 0.4) is 0 Å². The molecule has 0 radical (unpaired) electrons. The molecule has 7 nitrogen and oxygen atoms in total. The summed E-state index contributed by atoms with van der Waals surface area (Å²) in [6.45, 7) is 7.48. The largest absolute Gasteiger partial charge is 0.481 e. The van der Waals surface area contributed by atoms with Gasteiger partial charge in [0.05, 0.1) is 36.9 Å². The van der Waals surface area contributed by atoms with Crippen LogP contribution in [0.1, 0.15) is 32.8 Å². The van der Waals surface area contributed by atoms with Crippen molar-refractivity contribution >= 4 is 5.97 Å². The number of ether oxygens (including phenoxy) is 5. The third kappa shape index (κ3) is 4.86. The molecule has 30 heavy (non-hydrogen) atoms. The smallest absolute Gasteiger partial charge is 0.308 e. The molecule has 1 aromatic carbocycles. The molecule has 1 N–H and O–H groups in total. The first-order chi connectivity index (χ1) is 14.4. The van der Waals surface area contributed by atoms with E-state index in [2.05, 4.69) is 13.8 Å². The van der Waals surface area contributed by atoms with Crippen molar-refractivity contribution in [3.05, 3.63) is 35.9 Å². The van der Waals surface area contributed by atoms with Crippen LogP contribution in [0.5, 0.6) is 0 Å². The van der Waals surface area contributed by atoms with Crippen LogP contribution in [-0.2, 0) is 35.1 Å². The Hall–Kier alpha value is -1.51. The summed E-state index contributed by atoms with van der Waals surface area (Å²) in [5.74, 6) is -1.39. The second kappa shape index (κ2) is 10.2. The topological polar surface area (TPSA) is 83.5 Å². The highest BCUT2D eigenvalue weighted by Crippen LogP contribution is 2.46. The molecule has 0 bridgehead atoms.